The highest BCUT2D eigenvalue weighted by Gasteiger charge is 2.27. The van der Waals surface area contributed by atoms with Crippen LogP contribution in [-0.2, 0) is 16.0 Å². The molecule has 6 nitrogen and oxygen atoms in total. The summed E-state index contributed by atoms with van der Waals surface area (Å²) in [5, 5.41) is 5.12. The molecule has 0 spiro atoms. The predicted molar refractivity (Wildman–Crippen MR) is 71.8 cm³/mol. The van der Waals surface area contributed by atoms with E-state index in [-0.39, 0.29) is 5.57 Å². The molecule has 0 bridgehead atoms. The third-order valence-corrected chi connectivity index (χ3v) is 3.14. The molecule has 6 heteroatoms. The fourth-order valence-electron chi connectivity index (χ4n) is 2.17. The number of imide groups is 2. The summed E-state index contributed by atoms with van der Waals surface area (Å²) in [6, 6.07) is 6.97. The van der Waals surface area contributed by atoms with Crippen LogP contribution in [0.5, 0.6) is 0 Å². The van der Waals surface area contributed by atoms with Gasteiger partial charge in [0, 0.05) is 17.1 Å². The van der Waals surface area contributed by atoms with Crippen molar-refractivity contribution in [2.45, 2.75) is 6.42 Å². The molecule has 3 N–H and O–H groups in total. The number of amides is 4. The number of aromatic amines is 1. The van der Waals surface area contributed by atoms with Gasteiger partial charge < -0.3 is 4.98 Å². The molecule has 0 radical (unpaired) electrons. The molecular formula is C14H11N3O3. The Hall–Kier alpha value is -2.89. The van der Waals surface area contributed by atoms with Gasteiger partial charge in [-0.3, -0.25) is 20.2 Å². The number of para-hydroxylation sites is 1. The summed E-state index contributed by atoms with van der Waals surface area (Å²) in [5.41, 5.74) is 1.93. The van der Waals surface area contributed by atoms with E-state index in [4.69, 9.17) is 0 Å². The summed E-state index contributed by atoms with van der Waals surface area (Å²) < 4.78 is 0. The minimum absolute atomic E-state index is 0.0464. The van der Waals surface area contributed by atoms with Crippen molar-refractivity contribution in [3.63, 3.8) is 0 Å². The number of barbiturate groups is 1. The molecule has 0 unspecified atom stereocenters. The summed E-state index contributed by atoms with van der Waals surface area (Å²) in [6.07, 6.45) is 3.78. The lowest BCUT2D eigenvalue weighted by Crippen LogP contribution is -2.51. The van der Waals surface area contributed by atoms with E-state index in [0.29, 0.717) is 6.42 Å². The van der Waals surface area contributed by atoms with Gasteiger partial charge in [-0.2, -0.15) is 0 Å². The average molecular weight is 269 g/mol. The van der Waals surface area contributed by atoms with Crippen molar-refractivity contribution in [2.75, 3.05) is 0 Å². The fraction of sp³-hybridized carbons (Fsp3) is 0.0714. The molecule has 2 heterocycles. The van der Waals surface area contributed by atoms with Gasteiger partial charge in [0.25, 0.3) is 11.8 Å². The highest BCUT2D eigenvalue weighted by molar-refractivity contribution is 6.28. The molecule has 3 rings (SSSR count). The lowest BCUT2D eigenvalue weighted by molar-refractivity contribution is -0.124. The smallest absolute Gasteiger partial charge is 0.328 e. The third kappa shape index (κ3) is 2.07. The molecule has 0 aliphatic carbocycles. The van der Waals surface area contributed by atoms with Crippen LogP contribution in [0.1, 0.15) is 5.56 Å². The molecule has 4 amide bonds. The molecule has 1 saturated heterocycles. The number of hydrogen-bond donors (Lipinski definition) is 3. The zero-order valence-electron chi connectivity index (χ0n) is 10.4. The lowest BCUT2D eigenvalue weighted by atomic mass is 10.1. The van der Waals surface area contributed by atoms with Gasteiger partial charge in [-0.15, -0.1) is 0 Å². The SMILES string of the molecule is O=C1NC(=O)C(=CCc2c[nH]c3ccccc23)C(=O)N1. The van der Waals surface area contributed by atoms with E-state index in [2.05, 4.69) is 4.98 Å². The van der Waals surface area contributed by atoms with Gasteiger partial charge in [0.05, 0.1) is 0 Å². The standard InChI is InChI=1S/C14H11N3O3/c18-12-10(13(19)17-14(20)16-12)6-5-8-7-15-11-4-2-1-3-9(8)11/h1-4,6-7,15H,5H2,(H2,16,17,18,19,20). The number of rotatable bonds is 2. The summed E-state index contributed by atoms with van der Waals surface area (Å²) in [5.74, 6) is -1.34. The first-order valence-corrected chi connectivity index (χ1v) is 6.07. The van der Waals surface area contributed by atoms with Gasteiger partial charge in [0.1, 0.15) is 5.57 Å². The van der Waals surface area contributed by atoms with Crippen LogP contribution in [0.15, 0.2) is 42.1 Å². The van der Waals surface area contributed by atoms with Gasteiger partial charge in [-0.05, 0) is 18.1 Å². The maximum absolute atomic E-state index is 11.6. The zero-order chi connectivity index (χ0) is 14.1. The normalized spacial score (nSPS) is 15.2. The average Bonchev–Trinajstić information content (AvgIpc) is 2.81. The van der Waals surface area contributed by atoms with Gasteiger partial charge >= 0.3 is 6.03 Å². The Morgan fingerprint density at radius 2 is 1.70 bits per heavy atom. The summed E-state index contributed by atoms with van der Waals surface area (Å²) >= 11 is 0. The molecule has 1 aromatic heterocycles. The van der Waals surface area contributed by atoms with Gasteiger partial charge in [0.2, 0.25) is 0 Å². The maximum atomic E-state index is 11.6. The number of hydrogen-bond acceptors (Lipinski definition) is 3. The molecule has 0 atom stereocenters. The van der Waals surface area contributed by atoms with Crippen LogP contribution in [-0.4, -0.2) is 22.8 Å². The van der Waals surface area contributed by atoms with E-state index < -0.39 is 17.8 Å². The molecule has 1 aliphatic heterocycles. The van der Waals surface area contributed by atoms with E-state index in [1.165, 1.54) is 6.08 Å². The Balaban J connectivity index is 1.88. The molecular weight excluding hydrogens is 258 g/mol. The second kappa shape index (κ2) is 4.65. The molecule has 20 heavy (non-hydrogen) atoms. The van der Waals surface area contributed by atoms with E-state index >= 15 is 0 Å². The Labute approximate surface area is 113 Å². The van der Waals surface area contributed by atoms with Crippen molar-refractivity contribution in [3.8, 4) is 0 Å². The van der Waals surface area contributed by atoms with Crippen molar-refractivity contribution in [1.29, 1.82) is 0 Å². The minimum atomic E-state index is -0.788. The van der Waals surface area contributed by atoms with Gasteiger partial charge in [0.15, 0.2) is 0 Å². The Morgan fingerprint density at radius 1 is 1.00 bits per heavy atom. The quantitative estimate of drug-likeness (QED) is 0.561. The fourth-order valence-corrected chi connectivity index (χ4v) is 2.17. The number of carbonyl (C=O) groups excluding carboxylic acids is 3. The van der Waals surface area contributed by atoms with E-state index in [9.17, 15) is 14.4 Å². The molecule has 0 saturated carbocycles. The molecule has 1 fully saturated rings. The van der Waals surface area contributed by atoms with Crippen LogP contribution in [0.4, 0.5) is 4.79 Å². The van der Waals surface area contributed by atoms with Gasteiger partial charge in [-0.25, -0.2) is 4.79 Å². The van der Waals surface area contributed by atoms with Crippen LogP contribution >= 0.6 is 0 Å². The lowest BCUT2D eigenvalue weighted by Gasteiger charge is -2.13. The van der Waals surface area contributed by atoms with E-state index in [1.54, 1.807) is 0 Å². The number of nitrogens with one attached hydrogen (secondary N) is 3. The Morgan fingerprint density at radius 3 is 2.45 bits per heavy atom. The molecule has 2 aromatic rings. The highest BCUT2D eigenvalue weighted by atomic mass is 16.2. The first-order chi connectivity index (χ1) is 9.65. The summed E-state index contributed by atoms with van der Waals surface area (Å²) in [4.78, 5) is 37.2. The van der Waals surface area contributed by atoms with Gasteiger partial charge in [-0.1, -0.05) is 24.3 Å². The van der Waals surface area contributed by atoms with Crippen LogP contribution in [0.2, 0.25) is 0 Å². The third-order valence-electron chi connectivity index (χ3n) is 3.14. The first-order valence-electron chi connectivity index (χ1n) is 6.07. The number of aromatic nitrogens is 1. The topological polar surface area (TPSA) is 91.1 Å². The highest BCUT2D eigenvalue weighted by Crippen LogP contribution is 2.19. The largest absolute Gasteiger partial charge is 0.361 e. The van der Waals surface area contributed by atoms with Crippen molar-refractivity contribution in [2.24, 2.45) is 0 Å². The zero-order valence-corrected chi connectivity index (χ0v) is 10.4. The van der Waals surface area contributed by atoms with Crippen LogP contribution in [0, 0.1) is 0 Å². The summed E-state index contributed by atoms with van der Waals surface area (Å²) in [7, 11) is 0. The Bertz CT molecular complexity index is 736. The minimum Gasteiger partial charge on any atom is -0.361 e. The molecule has 1 aromatic carbocycles. The second-order valence-corrected chi connectivity index (χ2v) is 4.42. The number of carbonyl (C=O) groups is 3. The van der Waals surface area contributed by atoms with Crippen LogP contribution < -0.4 is 10.6 Å². The molecule has 1 aliphatic rings. The van der Waals surface area contributed by atoms with E-state index in [1.807, 2.05) is 41.1 Å². The second-order valence-electron chi connectivity index (χ2n) is 4.42. The number of urea groups is 1. The Kier molecular flexibility index (Phi) is 2.83. The number of H-pyrrole nitrogens is 1. The number of fused-ring (bicyclic) bond motifs is 1. The first kappa shape index (κ1) is 12.2. The van der Waals surface area contributed by atoms with Crippen molar-refractivity contribution in [1.82, 2.24) is 15.6 Å². The van der Waals surface area contributed by atoms with Crippen molar-refractivity contribution in [3.05, 3.63) is 47.7 Å². The monoisotopic (exact) mass is 269 g/mol. The molecule has 100 valence electrons. The van der Waals surface area contributed by atoms with Crippen molar-refractivity contribution < 1.29 is 14.4 Å². The number of benzene rings is 1. The van der Waals surface area contributed by atoms with Crippen LogP contribution in [0.3, 0.4) is 0 Å². The van der Waals surface area contributed by atoms with E-state index in [0.717, 1.165) is 16.5 Å². The maximum Gasteiger partial charge on any atom is 0.328 e. The number of allylic oxidation sites excluding steroid dienone is 1. The summed E-state index contributed by atoms with van der Waals surface area (Å²) in [6.45, 7) is 0. The van der Waals surface area contributed by atoms with Crippen LogP contribution in [0.25, 0.3) is 10.9 Å². The predicted octanol–water partition coefficient (Wildman–Crippen LogP) is 1.00. The van der Waals surface area contributed by atoms with Crippen molar-refractivity contribution >= 4 is 28.7 Å².